The lowest BCUT2D eigenvalue weighted by Crippen LogP contribution is -2.11. The van der Waals surface area contributed by atoms with Gasteiger partial charge < -0.3 is 10.3 Å². The van der Waals surface area contributed by atoms with Crippen molar-refractivity contribution in [2.45, 2.75) is 6.42 Å². The molecule has 0 atom stereocenters. The Kier molecular flexibility index (Phi) is 2.51. The molecule has 4 heteroatoms. The van der Waals surface area contributed by atoms with Crippen LogP contribution in [-0.4, -0.2) is 10.8 Å². The summed E-state index contributed by atoms with van der Waals surface area (Å²) in [6, 6.07) is 16.3. The molecule has 100 valence electrons. The molecule has 0 spiro atoms. The first-order valence-electron chi connectivity index (χ1n) is 6.77. The van der Waals surface area contributed by atoms with Gasteiger partial charge in [-0.15, -0.1) is 0 Å². The maximum Gasteiger partial charge on any atom is 0.111 e. The lowest BCUT2D eigenvalue weighted by Gasteiger charge is -2.05. The zero-order chi connectivity index (χ0) is 14.2. The standard InChI is InChI=1S/C17H12N4/c18-9-12-10-19-16-8-13(5-6-14(12)16)20-17-7-11-3-1-2-4-15(11)21-17/h1-6,8,10,19H,7H2,(H,20,21). The number of nitriles is 1. The summed E-state index contributed by atoms with van der Waals surface area (Å²) in [7, 11) is 0. The summed E-state index contributed by atoms with van der Waals surface area (Å²) in [5.41, 5.74) is 4.87. The number of nitrogens with zero attached hydrogens (tertiary/aromatic N) is 2. The zero-order valence-corrected chi connectivity index (χ0v) is 11.2. The number of para-hydroxylation sites is 1. The van der Waals surface area contributed by atoms with E-state index in [-0.39, 0.29) is 0 Å². The van der Waals surface area contributed by atoms with Crippen molar-refractivity contribution in [1.29, 1.82) is 5.26 Å². The van der Waals surface area contributed by atoms with Gasteiger partial charge in [0, 0.05) is 29.2 Å². The maximum atomic E-state index is 9.02. The van der Waals surface area contributed by atoms with Gasteiger partial charge in [-0.2, -0.15) is 5.26 Å². The fourth-order valence-electron chi connectivity index (χ4n) is 2.67. The van der Waals surface area contributed by atoms with Crippen molar-refractivity contribution in [3.05, 3.63) is 59.8 Å². The molecule has 0 fully saturated rings. The van der Waals surface area contributed by atoms with Crippen LogP contribution in [0.3, 0.4) is 0 Å². The van der Waals surface area contributed by atoms with Crippen molar-refractivity contribution < 1.29 is 0 Å². The number of anilines is 1. The second-order valence-corrected chi connectivity index (χ2v) is 5.06. The Morgan fingerprint density at radius 3 is 2.95 bits per heavy atom. The lowest BCUT2D eigenvalue weighted by atomic mass is 10.1. The molecule has 0 radical (unpaired) electrons. The van der Waals surface area contributed by atoms with E-state index >= 15 is 0 Å². The van der Waals surface area contributed by atoms with Crippen molar-refractivity contribution in [1.82, 2.24) is 4.98 Å². The molecule has 1 aromatic heterocycles. The smallest absolute Gasteiger partial charge is 0.111 e. The van der Waals surface area contributed by atoms with Gasteiger partial charge >= 0.3 is 0 Å². The Hall–Kier alpha value is -3.06. The third kappa shape index (κ3) is 1.96. The molecule has 0 amide bonds. The fraction of sp³-hybridized carbons (Fsp3) is 0.0588. The SMILES string of the molecule is N#Cc1c[nH]c2cc(NC3=Nc4ccccc4C3)ccc12. The average molecular weight is 272 g/mol. The fourth-order valence-corrected chi connectivity index (χ4v) is 2.67. The van der Waals surface area contributed by atoms with Gasteiger partial charge in [0.1, 0.15) is 11.9 Å². The topological polar surface area (TPSA) is 64.0 Å². The zero-order valence-electron chi connectivity index (χ0n) is 11.2. The Bertz CT molecular complexity index is 912. The summed E-state index contributed by atoms with van der Waals surface area (Å²) in [5, 5.41) is 13.3. The number of benzene rings is 2. The van der Waals surface area contributed by atoms with E-state index in [0.717, 1.165) is 34.5 Å². The number of amidine groups is 1. The van der Waals surface area contributed by atoms with E-state index in [4.69, 9.17) is 5.26 Å². The molecule has 0 bridgehead atoms. The number of H-pyrrole nitrogens is 1. The Morgan fingerprint density at radius 2 is 2.10 bits per heavy atom. The molecule has 0 saturated carbocycles. The molecule has 0 aliphatic carbocycles. The summed E-state index contributed by atoms with van der Waals surface area (Å²) in [5.74, 6) is 0.947. The molecule has 1 aliphatic heterocycles. The number of hydrogen-bond acceptors (Lipinski definition) is 3. The van der Waals surface area contributed by atoms with Crippen molar-refractivity contribution in [2.24, 2.45) is 4.99 Å². The highest BCUT2D eigenvalue weighted by molar-refractivity contribution is 6.03. The first-order valence-corrected chi connectivity index (χ1v) is 6.77. The van der Waals surface area contributed by atoms with Crippen LogP contribution >= 0.6 is 0 Å². The molecule has 21 heavy (non-hydrogen) atoms. The molecular weight excluding hydrogens is 260 g/mol. The van der Waals surface area contributed by atoms with E-state index in [1.807, 2.05) is 36.4 Å². The normalized spacial score (nSPS) is 12.8. The number of hydrogen-bond donors (Lipinski definition) is 2. The monoisotopic (exact) mass is 272 g/mol. The highest BCUT2D eigenvalue weighted by Gasteiger charge is 2.14. The molecule has 4 nitrogen and oxygen atoms in total. The van der Waals surface area contributed by atoms with Crippen LogP contribution in [0.5, 0.6) is 0 Å². The predicted molar refractivity (Wildman–Crippen MR) is 83.9 cm³/mol. The van der Waals surface area contributed by atoms with Crippen LogP contribution < -0.4 is 5.32 Å². The molecule has 1 aliphatic rings. The van der Waals surface area contributed by atoms with Crippen LogP contribution in [0.1, 0.15) is 11.1 Å². The molecule has 3 aromatic rings. The largest absolute Gasteiger partial charge is 0.360 e. The molecular formula is C17H12N4. The molecule has 0 saturated heterocycles. The summed E-state index contributed by atoms with van der Waals surface area (Å²) in [4.78, 5) is 7.71. The first-order chi connectivity index (χ1) is 10.3. The number of nitrogens with one attached hydrogen (secondary N) is 2. The molecule has 2 heterocycles. The van der Waals surface area contributed by atoms with Gasteiger partial charge in [0.05, 0.1) is 11.3 Å². The number of aliphatic imine (C=N–C) groups is 1. The van der Waals surface area contributed by atoms with E-state index in [1.165, 1.54) is 5.56 Å². The third-order valence-corrected chi connectivity index (χ3v) is 3.70. The van der Waals surface area contributed by atoms with Gasteiger partial charge in [-0.1, -0.05) is 18.2 Å². The summed E-state index contributed by atoms with van der Waals surface area (Å²) in [6.07, 6.45) is 2.56. The van der Waals surface area contributed by atoms with Gasteiger partial charge in [-0.05, 0) is 29.8 Å². The Labute approximate surface area is 121 Å². The first kappa shape index (κ1) is 11.7. The minimum Gasteiger partial charge on any atom is -0.360 e. The lowest BCUT2D eigenvalue weighted by molar-refractivity contribution is 1.38. The second kappa shape index (κ2) is 4.50. The van der Waals surface area contributed by atoms with E-state index < -0.39 is 0 Å². The summed E-state index contributed by atoms with van der Waals surface area (Å²) in [6.45, 7) is 0. The predicted octanol–water partition coefficient (Wildman–Crippen LogP) is 3.74. The van der Waals surface area contributed by atoms with Crippen molar-refractivity contribution in [3.8, 4) is 6.07 Å². The molecule has 2 aromatic carbocycles. The van der Waals surface area contributed by atoms with Crippen LogP contribution in [0.25, 0.3) is 10.9 Å². The van der Waals surface area contributed by atoms with Crippen LogP contribution in [0.2, 0.25) is 0 Å². The van der Waals surface area contributed by atoms with E-state index in [2.05, 4.69) is 27.4 Å². The summed E-state index contributed by atoms with van der Waals surface area (Å²) >= 11 is 0. The minimum absolute atomic E-state index is 0.669. The quantitative estimate of drug-likeness (QED) is 0.708. The third-order valence-electron chi connectivity index (χ3n) is 3.70. The Morgan fingerprint density at radius 1 is 1.19 bits per heavy atom. The second-order valence-electron chi connectivity index (χ2n) is 5.06. The molecule has 4 rings (SSSR count). The highest BCUT2D eigenvalue weighted by Crippen LogP contribution is 2.27. The number of aromatic nitrogens is 1. The minimum atomic E-state index is 0.669. The van der Waals surface area contributed by atoms with Crippen molar-refractivity contribution in [3.63, 3.8) is 0 Å². The van der Waals surface area contributed by atoms with Gasteiger partial charge in [-0.3, -0.25) is 0 Å². The van der Waals surface area contributed by atoms with E-state index in [9.17, 15) is 0 Å². The summed E-state index contributed by atoms with van der Waals surface area (Å²) < 4.78 is 0. The average Bonchev–Trinajstić information content (AvgIpc) is 3.09. The van der Waals surface area contributed by atoms with Gasteiger partial charge in [-0.25, -0.2) is 4.99 Å². The van der Waals surface area contributed by atoms with Crippen LogP contribution in [0.4, 0.5) is 11.4 Å². The van der Waals surface area contributed by atoms with E-state index in [0.29, 0.717) is 5.56 Å². The number of rotatable bonds is 1. The number of fused-ring (bicyclic) bond motifs is 2. The molecule has 0 unspecified atom stereocenters. The number of aromatic amines is 1. The van der Waals surface area contributed by atoms with Gasteiger partial charge in [0.2, 0.25) is 0 Å². The van der Waals surface area contributed by atoms with E-state index in [1.54, 1.807) is 6.20 Å². The van der Waals surface area contributed by atoms with Gasteiger partial charge in [0.15, 0.2) is 0 Å². The maximum absolute atomic E-state index is 9.02. The highest BCUT2D eigenvalue weighted by atomic mass is 15.0. The van der Waals surface area contributed by atoms with Crippen molar-refractivity contribution >= 4 is 28.1 Å². The molecule has 2 N–H and O–H groups in total. The Balaban J connectivity index is 1.63. The van der Waals surface area contributed by atoms with Gasteiger partial charge in [0.25, 0.3) is 0 Å². The van der Waals surface area contributed by atoms with Crippen molar-refractivity contribution in [2.75, 3.05) is 5.32 Å². The van der Waals surface area contributed by atoms with Crippen LogP contribution in [-0.2, 0) is 6.42 Å². The van der Waals surface area contributed by atoms with Crippen LogP contribution in [0, 0.1) is 11.3 Å². The van der Waals surface area contributed by atoms with Crippen LogP contribution in [0.15, 0.2) is 53.7 Å².